The van der Waals surface area contributed by atoms with E-state index in [0.717, 1.165) is 30.6 Å². The second kappa shape index (κ2) is 8.47. The first kappa shape index (κ1) is 22.3. The summed E-state index contributed by atoms with van der Waals surface area (Å²) in [6.45, 7) is 0.411. The van der Waals surface area contributed by atoms with Gasteiger partial charge in [-0.05, 0) is 86.1 Å². The van der Waals surface area contributed by atoms with Crippen molar-refractivity contribution in [3.05, 3.63) is 70.5 Å². The molecule has 4 bridgehead atoms. The van der Waals surface area contributed by atoms with E-state index in [1.54, 1.807) is 7.11 Å². The lowest BCUT2D eigenvalue weighted by atomic mass is 9.52. The summed E-state index contributed by atoms with van der Waals surface area (Å²) < 4.78 is 20.4. The third-order valence-corrected chi connectivity index (χ3v) is 8.45. The van der Waals surface area contributed by atoms with Crippen molar-refractivity contribution in [1.29, 1.82) is 0 Å². The Morgan fingerprint density at radius 1 is 1.11 bits per heavy atom. The van der Waals surface area contributed by atoms with E-state index in [1.165, 1.54) is 48.4 Å². The summed E-state index contributed by atoms with van der Waals surface area (Å²) in [5, 5.41) is 0.316. The zero-order valence-electron chi connectivity index (χ0n) is 20.0. The molecular weight excluding hydrogens is 445 g/mol. The van der Waals surface area contributed by atoms with E-state index in [0.29, 0.717) is 35.2 Å². The SMILES string of the molecule is COc1cccc(CN(C(=O)Cn2cnc3cc(F)ccc3c2=O)C23CC4CC(CC(C4)C2)C3)c1. The maximum absolute atomic E-state index is 14.0. The average Bonchev–Trinajstić information content (AvgIpc) is 2.83. The molecule has 4 aliphatic rings. The third-order valence-electron chi connectivity index (χ3n) is 8.45. The van der Waals surface area contributed by atoms with Gasteiger partial charge in [0.25, 0.3) is 5.56 Å². The van der Waals surface area contributed by atoms with Crippen LogP contribution in [0.2, 0.25) is 0 Å². The highest BCUT2D eigenvalue weighted by Crippen LogP contribution is 2.58. The van der Waals surface area contributed by atoms with E-state index in [9.17, 15) is 14.0 Å². The summed E-state index contributed by atoms with van der Waals surface area (Å²) in [6, 6.07) is 11.8. The maximum Gasteiger partial charge on any atom is 0.261 e. The van der Waals surface area contributed by atoms with Gasteiger partial charge in [-0.25, -0.2) is 9.37 Å². The second-order valence-electron chi connectivity index (χ2n) is 10.8. The van der Waals surface area contributed by atoms with Gasteiger partial charge in [0.15, 0.2) is 0 Å². The van der Waals surface area contributed by atoms with Crippen molar-refractivity contribution in [2.24, 2.45) is 17.8 Å². The van der Waals surface area contributed by atoms with Crippen molar-refractivity contribution in [3.63, 3.8) is 0 Å². The van der Waals surface area contributed by atoms with E-state index in [1.807, 2.05) is 24.3 Å². The molecule has 0 saturated heterocycles. The van der Waals surface area contributed by atoms with E-state index < -0.39 is 5.82 Å². The molecule has 1 heterocycles. The standard InChI is InChI=1S/C28H30FN3O3/c1-35-23-4-2-3-18(10-23)15-32(28-12-19-7-20(13-28)9-21(8-19)14-28)26(33)16-31-17-30-25-11-22(29)5-6-24(25)27(31)34/h2-6,10-11,17,19-21H,7-9,12-16H2,1H3. The number of carbonyl (C=O) groups is 1. The molecule has 4 saturated carbocycles. The normalized spacial score (nSPS) is 26.7. The van der Waals surface area contributed by atoms with Gasteiger partial charge in [-0.3, -0.25) is 14.2 Å². The number of fused-ring (bicyclic) bond motifs is 1. The monoisotopic (exact) mass is 475 g/mol. The fourth-order valence-corrected chi connectivity index (χ4v) is 7.34. The minimum Gasteiger partial charge on any atom is -0.497 e. The molecule has 35 heavy (non-hydrogen) atoms. The molecule has 0 unspecified atom stereocenters. The first-order chi connectivity index (χ1) is 16.9. The van der Waals surface area contributed by atoms with Crippen molar-refractivity contribution in [2.45, 2.75) is 57.2 Å². The summed E-state index contributed by atoms with van der Waals surface area (Å²) in [5.41, 5.74) is 0.836. The highest BCUT2D eigenvalue weighted by atomic mass is 19.1. The van der Waals surface area contributed by atoms with Crippen LogP contribution in [0.4, 0.5) is 4.39 Å². The molecule has 0 radical (unpaired) electrons. The van der Waals surface area contributed by atoms with Crippen LogP contribution in [0, 0.1) is 23.6 Å². The Labute approximate surface area is 203 Å². The third kappa shape index (κ3) is 4.01. The van der Waals surface area contributed by atoms with E-state index >= 15 is 0 Å². The molecule has 182 valence electrons. The Hall–Kier alpha value is -3.22. The molecule has 0 atom stereocenters. The van der Waals surface area contributed by atoms with Crippen LogP contribution < -0.4 is 10.3 Å². The molecule has 0 N–H and O–H groups in total. The highest BCUT2D eigenvalue weighted by molar-refractivity contribution is 5.79. The molecule has 2 aromatic carbocycles. The Morgan fingerprint density at radius 2 is 1.83 bits per heavy atom. The maximum atomic E-state index is 14.0. The van der Waals surface area contributed by atoms with E-state index in [2.05, 4.69) is 9.88 Å². The lowest BCUT2D eigenvalue weighted by Gasteiger charge is -2.60. The Bertz CT molecular complexity index is 1320. The van der Waals surface area contributed by atoms with Gasteiger partial charge < -0.3 is 9.64 Å². The quantitative estimate of drug-likeness (QED) is 0.525. The number of halogens is 1. The number of hydrogen-bond acceptors (Lipinski definition) is 4. The Balaban J connectivity index is 1.35. The van der Waals surface area contributed by atoms with E-state index in [4.69, 9.17) is 4.74 Å². The fraction of sp³-hybridized carbons (Fsp3) is 0.464. The zero-order valence-corrected chi connectivity index (χ0v) is 20.0. The molecule has 6 nitrogen and oxygen atoms in total. The fourth-order valence-electron chi connectivity index (χ4n) is 7.34. The summed E-state index contributed by atoms with van der Waals surface area (Å²) in [7, 11) is 1.64. The van der Waals surface area contributed by atoms with Gasteiger partial charge in [0.05, 0.1) is 24.3 Å². The second-order valence-corrected chi connectivity index (χ2v) is 10.8. The number of ether oxygens (including phenoxy) is 1. The minimum atomic E-state index is -0.440. The number of methoxy groups -OCH3 is 1. The van der Waals surface area contributed by atoms with Gasteiger partial charge in [-0.2, -0.15) is 0 Å². The molecule has 1 aromatic heterocycles. The lowest BCUT2D eigenvalue weighted by molar-refractivity contribution is -0.153. The average molecular weight is 476 g/mol. The Kier molecular flexibility index (Phi) is 5.38. The summed E-state index contributed by atoms with van der Waals surface area (Å²) in [6.07, 6.45) is 8.34. The number of hydrogen-bond donors (Lipinski definition) is 0. The van der Waals surface area contributed by atoms with Crippen LogP contribution >= 0.6 is 0 Å². The molecule has 7 heteroatoms. The van der Waals surface area contributed by atoms with Crippen LogP contribution in [0.15, 0.2) is 53.6 Å². The zero-order chi connectivity index (χ0) is 24.2. The molecular formula is C28H30FN3O3. The van der Waals surface area contributed by atoms with Gasteiger partial charge in [0.1, 0.15) is 18.1 Å². The van der Waals surface area contributed by atoms with Crippen molar-refractivity contribution in [2.75, 3.05) is 7.11 Å². The van der Waals surface area contributed by atoms with Gasteiger partial charge >= 0.3 is 0 Å². The van der Waals surface area contributed by atoms with Gasteiger partial charge in [0.2, 0.25) is 5.91 Å². The number of aromatic nitrogens is 2. The van der Waals surface area contributed by atoms with Gasteiger partial charge in [-0.15, -0.1) is 0 Å². The largest absolute Gasteiger partial charge is 0.497 e. The summed E-state index contributed by atoms with van der Waals surface area (Å²) in [4.78, 5) is 33.4. The van der Waals surface area contributed by atoms with Crippen LogP contribution in [0.25, 0.3) is 10.9 Å². The summed E-state index contributed by atoms with van der Waals surface area (Å²) in [5.74, 6) is 2.30. The van der Waals surface area contributed by atoms with Crippen molar-refractivity contribution in [1.82, 2.24) is 14.5 Å². The van der Waals surface area contributed by atoms with Crippen molar-refractivity contribution >= 4 is 16.8 Å². The van der Waals surface area contributed by atoms with Crippen LogP contribution in [0.1, 0.15) is 44.1 Å². The number of nitrogens with zero attached hydrogens (tertiary/aromatic N) is 3. The predicted molar refractivity (Wildman–Crippen MR) is 130 cm³/mol. The summed E-state index contributed by atoms with van der Waals surface area (Å²) >= 11 is 0. The van der Waals surface area contributed by atoms with Crippen LogP contribution in [-0.2, 0) is 17.9 Å². The number of amides is 1. The highest BCUT2D eigenvalue weighted by Gasteiger charge is 2.54. The molecule has 1 amide bonds. The number of carbonyl (C=O) groups excluding carboxylic acids is 1. The van der Waals surface area contributed by atoms with Gasteiger partial charge in [-0.1, -0.05) is 12.1 Å². The number of benzene rings is 2. The van der Waals surface area contributed by atoms with Crippen LogP contribution in [0.5, 0.6) is 5.75 Å². The molecule has 0 spiro atoms. The van der Waals surface area contributed by atoms with Crippen molar-refractivity contribution < 1.29 is 13.9 Å². The molecule has 4 aliphatic carbocycles. The van der Waals surface area contributed by atoms with Crippen LogP contribution in [-0.4, -0.2) is 33.0 Å². The Morgan fingerprint density at radius 3 is 2.51 bits per heavy atom. The van der Waals surface area contributed by atoms with Crippen molar-refractivity contribution in [3.8, 4) is 5.75 Å². The molecule has 4 fully saturated rings. The lowest BCUT2D eigenvalue weighted by Crippen LogP contribution is -2.61. The predicted octanol–water partition coefficient (Wildman–Crippen LogP) is 4.54. The first-order valence-corrected chi connectivity index (χ1v) is 12.5. The smallest absolute Gasteiger partial charge is 0.261 e. The molecule has 7 rings (SSSR count). The topological polar surface area (TPSA) is 64.4 Å². The first-order valence-electron chi connectivity index (χ1n) is 12.5. The van der Waals surface area contributed by atoms with Gasteiger partial charge in [0, 0.05) is 18.2 Å². The van der Waals surface area contributed by atoms with Crippen LogP contribution in [0.3, 0.4) is 0 Å². The molecule has 3 aromatic rings. The van der Waals surface area contributed by atoms with E-state index in [-0.39, 0.29) is 23.6 Å². The number of rotatable bonds is 6. The minimum absolute atomic E-state index is 0.0693. The molecule has 0 aliphatic heterocycles.